The first-order valence-corrected chi connectivity index (χ1v) is 11.3. The fraction of sp³-hybridized carbons (Fsp3) is 0.129. The average Bonchev–Trinajstić information content (AvgIpc) is 3.67. The van der Waals surface area contributed by atoms with Crippen LogP contribution in [0.4, 0.5) is 0 Å². The summed E-state index contributed by atoms with van der Waals surface area (Å²) in [4.78, 5) is 0. The average molecular weight is 568 g/mol. The molecule has 0 N–H and O–H groups in total. The Kier molecular flexibility index (Phi) is 13.0. The van der Waals surface area contributed by atoms with E-state index in [1.165, 1.54) is 48.3 Å². The predicted molar refractivity (Wildman–Crippen MR) is 133 cm³/mol. The zero-order chi connectivity index (χ0) is 21.8. The summed E-state index contributed by atoms with van der Waals surface area (Å²) in [6, 6.07) is 0. The fourth-order valence-corrected chi connectivity index (χ4v) is 3.72. The van der Waals surface area contributed by atoms with Crippen LogP contribution < -0.4 is 0 Å². The maximum atomic E-state index is 4.94. The molecule has 33 heavy (non-hydrogen) atoms. The number of hydrogen-bond acceptors (Lipinski definition) is 1. The Hall–Kier alpha value is -0.262. The van der Waals surface area contributed by atoms with Crippen LogP contribution in [0.1, 0.15) is 12.8 Å². The molecule has 6 aliphatic carbocycles. The minimum atomic E-state index is 0. The largest absolute Gasteiger partial charge is 0.381 e. The molecule has 7 rings (SSSR count). The normalized spacial score (nSPS) is 25.8. The molecule has 2 heteroatoms. The molecule has 3 saturated carbocycles. The molecule has 0 atom stereocenters. The summed E-state index contributed by atoms with van der Waals surface area (Å²) in [5.41, 5.74) is 0. The molecular formula is C31H29OSm. The van der Waals surface area contributed by atoms with Crippen LogP contribution in [0.5, 0.6) is 0 Å². The van der Waals surface area contributed by atoms with Crippen LogP contribution in [0.2, 0.25) is 0 Å². The summed E-state index contributed by atoms with van der Waals surface area (Å²) in [6.45, 7) is 2.00. The summed E-state index contributed by atoms with van der Waals surface area (Å²) >= 11 is 0. The predicted octanol–water partition coefficient (Wildman–Crippen LogP) is 6.46. The zero-order valence-corrected chi connectivity index (χ0v) is 21.4. The Morgan fingerprint density at radius 3 is 0.818 bits per heavy atom. The first-order valence-electron chi connectivity index (χ1n) is 11.3. The van der Waals surface area contributed by atoms with Crippen LogP contribution >= 0.6 is 0 Å². The van der Waals surface area contributed by atoms with E-state index in [2.05, 4.69) is 131 Å². The quantitative estimate of drug-likeness (QED) is 0.326. The van der Waals surface area contributed by atoms with Gasteiger partial charge < -0.3 is 4.74 Å². The minimum absolute atomic E-state index is 0. The van der Waals surface area contributed by atoms with Gasteiger partial charge in [-0.15, -0.1) is 0 Å². The minimum Gasteiger partial charge on any atom is -0.381 e. The molecule has 1 heterocycles. The van der Waals surface area contributed by atoms with E-state index in [-0.39, 0.29) is 40.4 Å². The van der Waals surface area contributed by atoms with Crippen molar-refractivity contribution in [3.05, 3.63) is 166 Å². The van der Waals surface area contributed by atoms with Crippen molar-refractivity contribution >= 4 is 0 Å². The van der Waals surface area contributed by atoms with E-state index in [9.17, 15) is 0 Å². The Labute approximate surface area is 235 Å². The van der Waals surface area contributed by atoms with Crippen LogP contribution in [0.3, 0.4) is 0 Å². The molecule has 4 fully saturated rings. The maximum absolute atomic E-state index is 4.94. The molecule has 0 bridgehead atoms. The van der Waals surface area contributed by atoms with Gasteiger partial charge in [-0.2, -0.15) is 0 Å². The van der Waals surface area contributed by atoms with Gasteiger partial charge in [0.2, 0.25) is 0 Å². The van der Waals surface area contributed by atoms with Crippen LogP contribution in [0.25, 0.3) is 0 Å². The molecule has 0 unspecified atom stereocenters. The van der Waals surface area contributed by atoms with E-state index >= 15 is 0 Å². The molecule has 165 valence electrons. The fourth-order valence-electron chi connectivity index (χ4n) is 3.72. The van der Waals surface area contributed by atoms with Crippen molar-refractivity contribution in [1.29, 1.82) is 0 Å². The second-order valence-corrected chi connectivity index (χ2v) is 7.78. The van der Waals surface area contributed by atoms with Gasteiger partial charge in [-0.3, -0.25) is 0 Å². The molecule has 7 aliphatic rings. The third kappa shape index (κ3) is 9.03. The van der Waals surface area contributed by atoms with E-state index < -0.39 is 0 Å². The summed E-state index contributed by atoms with van der Waals surface area (Å²) in [5.74, 6) is 7.99. The first-order chi connectivity index (χ1) is 15.9. The van der Waals surface area contributed by atoms with Crippen molar-refractivity contribution in [3.8, 4) is 0 Å². The topological polar surface area (TPSA) is 9.23 Å². The molecular weight excluding hydrogens is 539 g/mol. The third-order valence-corrected chi connectivity index (χ3v) is 5.47. The van der Waals surface area contributed by atoms with Crippen molar-refractivity contribution in [2.24, 2.45) is 0 Å². The van der Waals surface area contributed by atoms with E-state index in [0.29, 0.717) is 0 Å². The third-order valence-electron chi connectivity index (χ3n) is 5.47. The number of rotatable bonds is 0. The number of hydrogen-bond donors (Lipinski definition) is 0. The van der Waals surface area contributed by atoms with E-state index in [0.717, 1.165) is 13.2 Å². The molecule has 0 aromatic carbocycles. The molecule has 0 aromatic rings. The number of fused-ring (bicyclic) bond motifs is 3. The molecule has 0 spiro atoms. The van der Waals surface area contributed by atoms with Crippen LogP contribution in [-0.4, -0.2) is 13.2 Å². The van der Waals surface area contributed by atoms with E-state index in [1.54, 1.807) is 0 Å². The second kappa shape index (κ2) is 15.7. The van der Waals surface area contributed by atoms with Crippen molar-refractivity contribution in [2.45, 2.75) is 12.8 Å². The number of allylic oxidation sites excluding steroid dienone is 12. The van der Waals surface area contributed by atoms with Gasteiger partial charge in [0.1, 0.15) is 0 Å². The van der Waals surface area contributed by atoms with Gasteiger partial charge in [-0.1, -0.05) is 72.9 Å². The molecule has 1 nitrogen and oxygen atoms in total. The Morgan fingerprint density at radius 2 is 0.636 bits per heavy atom. The summed E-state index contributed by atoms with van der Waals surface area (Å²) in [7, 11) is 0. The summed E-state index contributed by atoms with van der Waals surface area (Å²) in [6.07, 6.45) is 46.6. The van der Waals surface area contributed by atoms with Crippen molar-refractivity contribution < 1.29 is 45.1 Å². The van der Waals surface area contributed by atoms with Crippen molar-refractivity contribution in [1.82, 2.24) is 0 Å². The Morgan fingerprint density at radius 1 is 0.394 bits per heavy atom. The molecule has 15 radical (unpaired) electrons. The van der Waals surface area contributed by atoms with Crippen molar-refractivity contribution in [2.75, 3.05) is 13.2 Å². The first kappa shape index (κ1) is 27.3. The summed E-state index contributed by atoms with van der Waals surface area (Å²) in [5, 5.41) is 0. The monoisotopic (exact) mass is 569 g/mol. The van der Waals surface area contributed by atoms with Crippen LogP contribution in [0, 0.1) is 134 Å². The standard InChI is InChI=1S/3C9H7.C4H8O.Sm/c3*1-2-5-9-7-3-6-8(9)4-1;1-2-4-5-3-1;/h3*1-7H;1-4H2;. The second-order valence-electron chi connectivity index (χ2n) is 7.78. The molecule has 1 saturated heterocycles. The Bertz CT molecular complexity index is 571. The Balaban J connectivity index is 0.000000125. The van der Waals surface area contributed by atoms with Crippen molar-refractivity contribution in [3.63, 3.8) is 0 Å². The molecule has 1 aliphatic heterocycles. The van der Waals surface area contributed by atoms with Gasteiger partial charge in [0.05, 0.1) is 0 Å². The van der Waals surface area contributed by atoms with Gasteiger partial charge in [0.25, 0.3) is 0 Å². The zero-order valence-electron chi connectivity index (χ0n) is 18.8. The van der Waals surface area contributed by atoms with Crippen LogP contribution in [0.15, 0.2) is 72.9 Å². The van der Waals surface area contributed by atoms with Gasteiger partial charge in [0, 0.05) is 89.1 Å². The molecule has 0 aromatic heterocycles. The van der Waals surface area contributed by atoms with E-state index in [1.807, 2.05) is 0 Å². The van der Waals surface area contributed by atoms with Gasteiger partial charge in [-0.05, 0) is 70.6 Å². The van der Waals surface area contributed by atoms with Gasteiger partial charge >= 0.3 is 0 Å². The van der Waals surface area contributed by atoms with Gasteiger partial charge in [0.15, 0.2) is 0 Å². The smallest absolute Gasteiger partial charge is 0.0466 e. The van der Waals surface area contributed by atoms with Crippen LogP contribution in [-0.2, 0) is 4.74 Å². The summed E-state index contributed by atoms with van der Waals surface area (Å²) < 4.78 is 4.94. The van der Waals surface area contributed by atoms with E-state index in [4.69, 9.17) is 4.74 Å². The molecule has 0 amide bonds. The van der Waals surface area contributed by atoms with Gasteiger partial charge in [-0.25, -0.2) is 0 Å². The maximum Gasteiger partial charge on any atom is 0.0466 e. The number of ether oxygens (including phenoxy) is 1. The SMILES string of the molecule is C1CCOC1.[CH]1[CH][C]2C=CC=C[C]2[CH]1.[CH]1[CH][C]2C=CC=C[C]2[CH]1.[CH]1[CH][C]2C=CC=C[C]2[CH]1.[Sm].